The van der Waals surface area contributed by atoms with Crippen LogP contribution >= 0.6 is 0 Å². The number of aliphatic carboxylic acids is 1. The molecule has 4 atom stereocenters. The third kappa shape index (κ3) is 8.26. The van der Waals surface area contributed by atoms with Gasteiger partial charge in [-0.2, -0.15) is 0 Å². The summed E-state index contributed by atoms with van der Waals surface area (Å²) >= 11 is 0. The monoisotopic (exact) mass is 425 g/mol. The van der Waals surface area contributed by atoms with Crippen LogP contribution in [0.2, 0.25) is 0 Å². The number of hydrogen-bond acceptors (Lipinski definition) is 5. The molecule has 8 heteroatoms. The van der Waals surface area contributed by atoms with E-state index >= 15 is 0 Å². The van der Waals surface area contributed by atoms with E-state index in [1.165, 1.54) is 0 Å². The van der Waals surface area contributed by atoms with Crippen molar-refractivity contribution in [2.45, 2.75) is 50.7 Å². The van der Waals surface area contributed by atoms with E-state index in [0.717, 1.165) is 5.56 Å². The van der Waals surface area contributed by atoms with Gasteiger partial charge in [-0.15, -0.1) is 0 Å². The third-order valence-corrected chi connectivity index (χ3v) is 6.75. The molecule has 29 heavy (non-hydrogen) atoms. The van der Waals surface area contributed by atoms with Crippen molar-refractivity contribution in [3.8, 4) is 0 Å². The summed E-state index contributed by atoms with van der Waals surface area (Å²) in [6.45, 7) is 0.0901. The highest BCUT2D eigenvalue weighted by atomic mass is 32.2. The topological polar surface area (TPSA) is 124 Å². The normalized spacial score (nSPS) is 24.9. The van der Waals surface area contributed by atoms with E-state index in [1.807, 2.05) is 42.5 Å². The van der Waals surface area contributed by atoms with Gasteiger partial charge in [-0.25, -0.2) is 13.1 Å². The molecule has 0 aromatic heterocycles. The maximum atomic E-state index is 12.3. The molecule has 162 valence electrons. The lowest BCUT2D eigenvalue weighted by molar-refractivity contribution is -0.137. The number of carboxylic acid groups (broad SMARTS) is 1. The molecular formula is C21H31NO6S. The van der Waals surface area contributed by atoms with Gasteiger partial charge in [-0.1, -0.05) is 42.5 Å². The largest absolute Gasteiger partial charge is 0.481 e. The molecular weight excluding hydrogens is 394 g/mol. The first-order valence-corrected chi connectivity index (χ1v) is 11.7. The lowest BCUT2D eigenvalue weighted by atomic mass is 9.90. The van der Waals surface area contributed by atoms with Crippen molar-refractivity contribution < 1.29 is 28.5 Å². The predicted octanol–water partition coefficient (Wildman–Crippen LogP) is 1.71. The maximum absolute atomic E-state index is 12.3. The fourth-order valence-electron chi connectivity index (χ4n) is 3.72. The highest BCUT2D eigenvalue weighted by molar-refractivity contribution is 7.89. The van der Waals surface area contributed by atoms with Crippen molar-refractivity contribution in [1.29, 1.82) is 0 Å². The van der Waals surface area contributed by atoms with Crippen molar-refractivity contribution in [2.24, 2.45) is 11.8 Å². The molecule has 1 saturated carbocycles. The fourth-order valence-corrected chi connectivity index (χ4v) is 4.82. The van der Waals surface area contributed by atoms with Gasteiger partial charge in [-0.3, -0.25) is 4.79 Å². The van der Waals surface area contributed by atoms with Gasteiger partial charge in [0.25, 0.3) is 0 Å². The minimum absolute atomic E-state index is 0.0312. The molecule has 0 amide bonds. The zero-order valence-corrected chi connectivity index (χ0v) is 17.3. The smallest absolute Gasteiger partial charge is 0.303 e. The Balaban J connectivity index is 1.82. The Morgan fingerprint density at radius 3 is 2.48 bits per heavy atom. The van der Waals surface area contributed by atoms with Gasteiger partial charge in [0.1, 0.15) is 0 Å². The number of aliphatic hydroxyl groups excluding tert-OH is 2. The highest BCUT2D eigenvalue weighted by Gasteiger charge is 2.41. The van der Waals surface area contributed by atoms with Crippen LogP contribution in [0, 0.1) is 11.8 Å². The summed E-state index contributed by atoms with van der Waals surface area (Å²) in [4.78, 5) is 10.5. The van der Waals surface area contributed by atoms with Crippen LogP contribution < -0.4 is 4.72 Å². The standard InChI is InChI=1S/C21H31NO6S/c23-19-14-20(24)18(17(19)10-6-1-2-7-11-21(25)26)15-22-29(27,28)13-12-16-8-4-3-5-9-16/h1,3-6,8-9,17-20,22-24H,2,7,10-15H2,(H,25,26)/b6-1-/t17-,18-,19+,20-/m1/s1. The second-order valence-electron chi connectivity index (χ2n) is 7.59. The maximum Gasteiger partial charge on any atom is 0.303 e. The summed E-state index contributed by atoms with van der Waals surface area (Å²) in [7, 11) is -3.49. The Labute approximate surface area is 172 Å². The Kier molecular flexibility index (Phi) is 9.29. The van der Waals surface area contributed by atoms with Crippen LogP contribution in [-0.2, 0) is 21.2 Å². The number of nitrogens with one attached hydrogen (secondary N) is 1. The number of benzene rings is 1. The lowest BCUT2D eigenvalue weighted by Gasteiger charge is -2.22. The van der Waals surface area contributed by atoms with Crippen molar-refractivity contribution in [2.75, 3.05) is 12.3 Å². The number of aliphatic hydroxyl groups is 2. The van der Waals surface area contributed by atoms with Crippen LogP contribution in [0.4, 0.5) is 0 Å². The first-order chi connectivity index (χ1) is 13.8. The number of aryl methyl sites for hydroxylation is 1. The Hall–Kier alpha value is -1.74. The van der Waals surface area contributed by atoms with Gasteiger partial charge in [0.05, 0.1) is 18.0 Å². The lowest BCUT2D eigenvalue weighted by Crippen LogP contribution is -2.37. The van der Waals surface area contributed by atoms with E-state index in [-0.39, 0.29) is 37.0 Å². The number of unbranched alkanes of at least 4 members (excludes halogenated alkanes) is 1. The van der Waals surface area contributed by atoms with Crippen molar-refractivity contribution in [3.63, 3.8) is 0 Å². The number of hydrogen-bond donors (Lipinski definition) is 4. The highest BCUT2D eigenvalue weighted by Crippen LogP contribution is 2.35. The molecule has 1 aromatic rings. The van der Waals surface area contributed by atoms with Gasteiger partial charge < -0.3 is 15.3 Å². The summed E-state index contributed by atoms with van der Waals surface area (Å²) < 4.78 is 27.2. The van der Waals surface area contributed by atoms with Gasteiger partial charge in [0.2, 0.25) is 10.0 Å². The molecule has 0 bridgehead atoms. The number of carboxylic acids is 1. The average Bonchev–Trinajstić information content (AvgIpc) is 2.94. The van der Waals surface area contributed by atoms with Crippen LogP contribution in [0.15, 0.2) is 42.5 Å². The SMILES string of the molecule is O=C(O)CCC/C=C\C[C@@H]1[C@@H](CNS(=O)(=O)CCc2ccccc2)[C@H](O)C[C@@H]1O. The van der Waals surface area contributed by atoms with E-state index in [2.05, 4.69) is 4.72 Å². The summed E-state index contributed by atoms with van der Waals surface area (Å²) in [5.74, 6) is -1.46. The van der Waals surface area contributed by atoms with Crippen molar-refractivity contribution in [1.82, 2.24) is 4.72 Å². The summed E-state index contributed by atoms with van der Waals surface area (Å²) in [5.41, 5.74) is 0.945. The molecule has 0 saturated heterocycles. The first kappa shape index (κ1) is 23.5. The van der Waals surface area contributed by atoms with E-state index < -0.39 is 28.2 Å². The molecule has 1 aliphatic rings. The molecule has 1 aliphatic carbocycles. The fraction of sp³-hybridized carbons (Fsp3) is 0.571. The average molecular weight is 426 g/mol. The second kappa shape index (κ2) is 11.4. The Morgan fingerprint density at radius 1 is 1.10 bits per heavy atom. The third-order valence-electron chi connectivity index (χ3n) is 5.40. The second-order valence-corrected chi connectivity index (χ2v) is 9.52. The van der Waals surface area contributed by atoms with Gasteiger partial charge in [0, 0.05) is 18.9 Å². The quantitative estimate of drug-likeness (QED) is 0.299. The molecule has 0 heterocycles. The number of allylic oxidation sites excluding steroid dienone is 2. The summed E-state index contributed by atoms with van der Waals surface area (Å²) in [5, 5.41) is 29.1. The molecule has 2 rings (SSSR count). The van der Waals surface area contributed by atoms with Crippen LogP contribution in [-0.4, -0.2) is 54.2 Å². The minimum atomic E-state index is -3.49. The number of sulfonamides is 1. The molecule has 7 nitrogen and oxygen atoms in total. The molecule has 1 aromatic carbocycles. The number of carbonyl (C=O) groups is 1. The van der Waals surface area contributed by atoms with Gasteiger partial charge in [-0.05, 0) is 43.6 Å². The van der Waals surface area contributed by atoms with Crippen molar-refractivity contribution in [3.05, 3.63) is 48.0 Å². The molecule has 0 unspecified atom stereocenters. The Bertz CT molecular complexity index is 765. The molecule has 0 radical (unpaired) electrons. The van der Waals surface area contributed by atoms with E-state index in [4.69, 9.17) is 5.11 Å². The van der Waals surface area contributed by atoms with Crippen LogP contribution in [0.3, 0.4) is 0 Å². The van der Waals surface area contributed by atoms with Gasteiger partial charge in [0.15, 0.2) is 0 Å². The van der Waals surface area contributed by atoms with Crippen LogP contribution in [0.5, 0.6) is 0 Å². The zero-order valence-electron chi connectivity index (χ0n) is 16.5. The molecule has 0 spiro atoms. The summed E-state index contributed by atoms with van der Waals surface area (Å²) in [6.07, 6.45) is 4.76. The zero-order chi connectivity index (χ0) is 21.3. The van der Waals surface area contributed by atoms with Crippen molar-refractivity contribution >= 4 is 16.0 Å². The minimum Gasteiger partial charge on any atom is -0.481 e. The molecule has 0 aliphatic heterocycles. The summed E-state index contributed by atoms with van der Waals surface area (Å²) in [6, 6.07) is 9.37. The molecule has 1 fully saturated rings. The molecule has 4 N–H and O–H groups in total. The van der Waals surface area contributed by atoms with Crippen LogP contribution in [0.1, 0.15) is 37.7 Å². The number of rotatable bonds is 12. The predicted molar refractivity (Wildman–Crippen MR) is 111 cm³/mol. The van der Waals surface area contributed by atoms with Gasteiger partial charge >= 0.3 is 5.97 Å². The van der Waals surface area contributed by atoms with E-state index in [1.54, 1.807) is 0 Å². The van der Waals surface area contributed by atoms with E-state index in [0.29, 0.717) is 25.7 Å². The Morgan fingerprint density at radius 2 is 1.79 bits per heavy atom. The van der Waals surface area contributed by atoms with Crippen LogP contribution in [0.25, 0.3) is 0 Å². The van der Waals surface area contributed by atoms with E-state index in [9.17, 15) is 23.4 Å². The first-order valence-electron chi connectivity index (χ1n) is 10.0.